The van der Waals surface area contributed by atoms with Crippen LogP contribution in [0, 0.1) is 13.8 Å². The lowest BCUT2D eigenvalue weighted by Crippen LogP contribution is -2.19. The Morgan fingerprint density at radius 2 is 1.50 bits per heavy atom. The van der Waals surface area contributed by atoms with E-state index in [9.17, 15) is 14.4 Å². The Kier molecular flexibility index (Phi) is 5.22. The molecule has 0 saturated carbocycles. The van der Waals surface area contributed by atoms with Gasteiger partial charge in [-0.15, -0.1) is 0 Å². The second kappa shape index (κ2) is 7.60. The standard InChI is InChI=1S/C22H19NO5/c1-12-10-13(2)23-19-15(12)11-16(21(25)27-3)17(22(26)28-4)18(19)20(24)14-8-6-5-7-9-14/h5-11H,1-4H3. The van der Waals surface area contributed by atoms with Crippen molar-refractivity contribution in [3.63, 3.8) is 0 Å². The van der Waals surface area contributed by atoms with Crippen LogP contribution in [-0.4, -0.2) is 36.9 Å². The van der Waals surface area contributed by atoms with Gasteiger partial charge in [0.1, 0.15) is 0 Å². The van der Waals surface area contributed by atoms with E-state index in [1.54, 1.807) is 37.3 Å². The third kappa shape index (κ3) is 3.24. The van der Waals surface area contributed by atoms with Gasteiger partial charge in [0.2, 0.25) is 0 Å². The topological polar surface area (TPSA) is 82.6 Å². The Labute approximate surface area is 162 Å². The van der Waals surface area contributed by atoms with E-state index in [1.165, 1.54) is 20.3 Å². The average Bonchev–Trinajstić information content (AvgIpc) is 2.71. The minimum absolute atomic E-state index is 0.0303. The lowest BCUT2D eigenvalue weighted by molar-refractivity contribution is 0.0554. The van der Waals surface area contributed by atoms with Gasteiger partial charge < -0.3 is 9.47 Å². The van der Waals surface area contributed by atoms with Crippen LogP contribution in [0.3, 0.4) is 0 Å². The molecule has 0 N–H and O–H groups in total. The first-order valence-corrected chi connectivity index (χ1v) is 8.60. The van der Waals surface area contributed by atoms with Crippen molar-refractivity contribution in [2.24, 2.45) is 0 Å². The molecule has 3 aromatic rings. The molecule has 0 amide bonds. The van der Waals surface area contributed by atoms with Crippen LogP contribution >= 0.6 is 0 Å². The second-order valence-corrected chi connectivity index (χ2v) is 6.33. The Morgan fingerprint density at radius 3 is 2.11 bits per heavy atom. The average molecular weight is 377 g/mol. The molecular formula is C22H19NO5. The first-order chi connectivity index (χ1) is 13.4. The molecule has 1 heterocycles. The Morgan fingerprint density at radius 1 is 0.857 bits per heavy atom. The van der Waals surface area contributed by atoms with Crippen LogP contribution in [0.2, 0.25) is 0 Å². The molecule has 0 fully saturated rings. The van der Waals surface area contributed by atoms with Crippen LogP contribution in [0.15, 0.2) is 42.5 Å². The van der Waals surface area contributed by atoms with E-state index in [4.69, 9.17) is 9.47 Å². The van der Waals surface area contributed by atoms with E-state index in [-0.39, 0.29) is 16.7 Å². The fourth-order valence-corrected chi connectivity index (χ4v) is 3.23. The van der Waals surface area contributed by atoms with E-state index in [0.29, 0.717) is 22.2 Å². The molecule has 1 aromatic heterocycles. The van der Waals surface area contributed by atoms with Crippen molar-refractivity contribution in [3.8, 4) is 0 Å². The number of esters is 2. The van der Waals surface area contributed by atoms with Crippen molar-refractivity contribution < 1.29 is 23.9 Å². The van der Waals surface area contributed by atoms with Gasteiger partial charge in [-0.25, -0.2) is 9.59 Å². The summed E-state index contributed by atoms with van der Waals surface area (Å²) >= 11 is 0. The van der Waals surface area contributed by atoms with Gasteiger partial charge in [0.05, 0.1) is 36.4 Å². The van der Waals surface area contributed by atoms with Crippen molar-refractivity contribution in [2.75, 3.05) is 14.2 Å². The number of methoxy groups -OCH3 is 2. The number of hydrogen-bond donors (Lipinski definition) is 0. The van der Waals surface area contributed by atoms with Crippen molar-refractivity contribution in [2.45, 2.75) is 13.8 Å². The molecule has 3 rings (SSSR count). The summed E-state index contributed by atoms with van der Waals surface area (Å²) in [6, 6.07) is 11.9. The fourth-order valence-electron chi connectivity index (χ4n) is 3.23. The summed E-state index contributed by atoms with van der Waals surface area (Å²) < 4.78 is 9.73. The largest absolute Gasteiger partial charge is 0.465 e. The molecule has 0 atom stereocenters. The smallest absolute Gasteiger partial charge is 0.339 e. The molecule has 0 spiro atoms. The third-order valence-corrected chi connectivity index (χ3v) is 4.50. The Balaban J connectivity index is 2.51. The molecule has 0 aliphatic rings. The Bertz CT molecular complexity index is 1100. The monoisotopic (exact) mass is 377 g/mol. The van der Waals surface area contributed by atoms with E-state index >= 15 is 0 Å². The van der Waals surface area contributed by atoms with E-state index in [1.807, 2.05) is 13.0 Å². The highest BCUT2D eigenvalue weighted by Crippen LogP contribution is 2.30. The van der Waals surface area contributed by atoms with E-state index in [2.05, 4.69) is 4.98 Å². The first kappa shape index (κ1) is 19.2. The predicted molar refractivity (Wildman–Crippen MR) is 104 cm³/mol. The summed E-state index contributed by atoms with van der Waals surface area (Å²) in [4.78, 5) is 42.9. The molecule has 28 heavy (non-hydrogen) atoms. The molecule has 6 heteroatoms. The maximum atomic E-state index is 13.4. The summed E-state index contributed by atoms with van der Waals surface area (Å²) in [7, 11) is 2.41. The number of ketones is 1. The molecule has 0 saturated heterocycles. The van der Waals surface area contributed by atoms with Gasteiger partial charge in [0, 0.05) is 16.6 Å². The third-order valence-electron chi connectivity index (χ3n) is 4.50. The minimum Gasteiger partial charge on any atom is -0.465 e. The highest BCUT2D eigenvalue weighted by atomic mass is 16.5. The summed E-state index contributed by atoms with van der Waals surface area (Å²) in [6.07, 6.45) is 0. The van der Waals surface area contributed by atoms with Gasteiger partial charge in [-0.3, -0.25) is 9.78 Å². The second-order valence-electron chi connectivity index (χ2n) is 6.33. The van der Waals surface area contributed by atoms with Crippen LogP contribution in [0.25, 0.3) is 10.9 Å². The number of ether oxygens (including phenoxy) is 2. The molecule has 2 aromatic carbocycles. The molecule has 0 bridgehead atoms. The molecular weight excluding hydrogens is 358 g/mol. The summed E-state index contributed by atoms with van der Waals surface area (Å²) in [5.74, 6) is -1.96. The Hall–Kier alpha value is -3.54. The lowest BCUT2D eigenvalue weighted by Gasteiger charge is -2.16. The van der Waals surface area contributed by atoms with Crippen LogP contribution in [0.4, 0.5) is 0 Å². The number of carbonyl (C=O) groups excluding carboxylic acids is 3. The van der Waals surface area contributed by atoms with Crippen molar-refractivity contribution in [1.29, 1.82) is 0 Å². The summed E-state index contributed by atoms with van der Waals surface area (Å²) in [5.41, 5.74) is 2.09. The molecule has 0 radical (unpaired) electrons. The van der Waals surface area contributed by atoms with Crippen LogP contribution in [0.1, 0.15) is 47.9 Å². The van der Waals surface area contributed by atoms with Crippen LogP contribution in [0.5, 0.6) is 0 Å². The number of pyridine rings is 1. The number of hydrogen-bond acceptors (Lipinski definition) is 6. The summed E-state index contributed by atoms with van der Waals surface area (Å²) in [6.45, 7) is 3.65. The number of carbonyl (C=O) groups is 3. The minimum atomic E-state index is -0.803. The van der Waals surface area contributed by atoms with Crippen LogP contribution in [-0.2, 0) is 9.47 Å². The normalized spacial score (nSPS) is 10.6. The molecule has 6 nitrogen and oxygen atoms in total. The molecule has 0 aliphatic carbocycles. The highest BCUT2D eigenvalue weighted by Gasteiger charge is 2.30. The summed E-state index contributed by atoms with van der Waals surface area (Å²) in [5, 5.41) is 0.595. The maximum absolute atomic E-state index is 13.4. The number of aromatic nitrogens is 1. The van der Waals surface area contributed by atoms with Gasteiger partial charge in [-0.1, -0.05) is 30.3 Å². The zero-order valence-corrected chi connectivity index (χ0v) is 16.0. The number of rotatable bonds is 4. The first-order valence-electron chi connectivity index (χ1n) is 8.60. The SMILES string of the molecule is COC(=O)c1cc2c(C)cc(C)nc2c(C(=O)c2ccccc2)c1C(=O)OC. The highest BCUT2D eigenvalue weighted by molar-refractivity contribution is 6.23. The van der Waals surface area contributed by atoms with Gasteiger partial charge >= 0.3 is 11.9 Å². The number of fused-ring (bicyclic) bond motifs is 1. The van der Waals surface area contributed by atoms with E-state index < -0.39 is 17.7 Å². The van der Waals surface area contributed by atoms with Gasteiger partial charge in [-0.2, -0.15) is 0 Å². The van der Waals surface area contributed by atoms with Crippen molar-refractivity contribution in [1.82, 2.24) is 4.98 Å². The number of nitrogens with zero attached hydrogens (tertiary/aromatic N) is 1. The van der Waals surface area contributed by atoms with Crippen molar-refractivity contribution in [3.05, 3.63) is 76.0 Å². The van der Waals surface area contributed by atoms with Gasteiger partial charge in [-0.05, 0) is 31.5 Å². The molecule has 0 aliphatic heterocycles. The van der Waals surface area contributed by atoms with Crippen LogP contribution < -0.4 is 0 Å². The molecule has 142 valence electrons. The molecule has 0 unspecified atom stereocenters. The maximum Gasteiger partial charge on any atom is 0.339 e. The lowest BCUT2D eigenvalue weighted by atomic mass is 9.90. The number of aryl methyl sites for hydroxylation is 2. The zero-order valence-electron chi connectivity index (χ0n) is 16.0. The zero-order chi connectivity index (χ0) is 20.4. The van der Waals surface area contributed by atoms with Crippen molar-refractivity contribution >= 4 is 28.6 Å². The van der Waals surface area contributed by atoms with E-state index in [0.717, 1.165) is 5.56 Å². The quantitative estimate of drug-likeness (QED) is 0.510. The fraction of sp³-hybridized carbons (Fsp3) is 0.182. The van der Waals surface area contributed by atoms with Gasteiger partial charge in [0.25, 0.3) is 0 Å². The number of benzene rings is 2. The van der Waals surface area contributed by atoms with Gasteiger partial charge in [0.15, 0.2) is 5.78 Å². The predicted octanol–water partition coefficient (Wildman–Crippen LogP) is 3.66.